The summed E-state index contributed by atoms with van der Waals surface area (Å²) in [6.45, 7) is 9.40. The lowest BCUT2D eigenvalue weighted by Gasteiger charge is -2.23. The van der Waals surface area contributed by atoms with Crippen molar-refractivity contribution in [3.63, 3.8) is 0 Å². The molecule has 1 aliphatic carbocycles. The van der Waals surface area contributed by atoms with E-state index in [0.29, 0.717) is 0 Å². The summed E-state index contributed by atoms with van der Waals surface area (Å²) in [7, 11) is 0. The molecule has 10 aromatic carbocycles. The molecule has 0 fully saturated rings. The fourth-order valence-electron chi connectivity index (χ4n) is 9.56. The summed E-state index contributed by atoms with van der Waals surface area (Å²) in [6, 6.07) is 71.7. The monoisotopic (exact) mass is 750 g/mol. The second kappa shape index (κ2) is 13.7. The first-order valence-electron chi connectivity index (χ1n) is 20.6. The summed E-state index contributed by atoms with van der Waals surface area (Å²) in [4.78, 5) is 0. The van der Waals surface area contributed by atoms with Crippen molar-refractivity contribution in [1.82, 2.24) is 0 Å². The second-order valence-corrected chi connectivity index (χ2v) is 16.6. The molecule has 0 unspecified atom stereocenters. The van der Waals surface area contributed by atoms with Gasteiger partial charge < -0.3 is 0 Å². The van der Waals surface area contributed by atoms with E-state index in [4.69, 9.17) is 0 Å². The second-order valence-electron chi connectivity index (χ2n) is 16.6. The molecule has 1 aliphatic rings. The maximum absolute atomic E-state index is 4.63. The van der Waals surface area contributed by atoms with Crippen LogP contribution in [0, 0.1) is 0 Å². The molecule has 0 spiro atoms. The van der Waals surface area contributed by atoms with Gasteiger partial charge in [0.25, 0.3) is 0 Å². The minimum absolute atomic E-state index is 0.175. The van der Waals surface area contributed by atoms with Crippen molar-refractivity contribution >= 4 is 54.7 Å². The number of fused-ring (bicyclic) bond motifs is 9. The Bertz CT molecular complexity index is 3360. The van der Waals surface area contributed by atoms with Crippen molar-refractivity contribution in [3.8, 4) is 44.5 Å². The molecule has 0 heterocycles. The number of rotatable bonds is 6. The van der Waals surface area contributed by atoms with Gasteiger partial charge in [0, 0.05) is 5.41 Å². The Balaban J connectivity index is 1.06. The van der Waals surface area contributed by atoms with Crippen LogP contribution in [0.5, 0.6) is 0 Å². The van der Waals surface area contributed by atoms with Crippen LogP contribution in [0.2, 0.25) is 0 Å². The Hall–Kier alpha value is -7.28. The lowest BCUT2D eigenvalue weighted by Crippen LogP contribution is -2.15. The van der Waals surface area contributed by atoms with Gasteiger partial charge in [0.05, 0.1) is 0 Å². The van der Waals surface area contributed by atoms with Crippen LogP contribution in [-0.2, 0) is 5.41 Å². The third kappa shape index (κ3) is 5.91. The average molecular weight is 751 g/mol. The number of hydrogen-bond acceptors (Lipinski definition) is 0. The zero-order valence-electron chi connectivity index (χ0n) is 33.3. The van der Waals surface area contributed by atoms with Gasteiger partial charge in [-0.2, -0.15) is 0 Å². The van der Waals surface area contributed by atoms with Crippen LogP contribution in [-0.4, -0.2) is 0 Å². The molecule has 59 heavy (non-hydrogen) atoms. The molecule has 0 amide bonds. The third-order valence-electron chi connectivity index (χ3n) is 12.8. The van der Waals surface area contributed by atoms with E-state index in [0.717, 1.165) is 16.7 Å². The molecule has 10 aromatic rings. The third-order valence-corrected chi connectivity index (χ3v) is 12.8. The molecule has 0 aromatic heterocycles. The smallest absolute Gasteiger partial charge is 0.0159 e. The molecule has 0 heteroatoms. The molecule has 0 nitrogen and oxygen atoms in total. The minimum Gasteiger partial charge on any atom is -0.0912 e. The largest absolute Gasteiger partial charge is 0.0912 e. The predicted molar refractivity (Wildman–Crippen MR) is 255 cm³/mol. The van der Waals surface area contributed by atoms with Gasteiger partial charge in [-0.25, -0.2) is 0 Å². The normalized spacial score (nSPS) is 13.1. The SMILES string of the molecule is C=C(/C=C\c1ccccc1)c1cc(-c2ccc3c(c2)C(C)(C)c2cc(-c4ccc5ccccc5c4)ccc2-3)cc(-c2cc3c4ccccc4ccc3c3ccccc23)c1. The molecule has 0 bridgehead atoms. The van der Waals surface area contributed by atoms with Crippen molar-refractivity contribution in [3.05, 3.63) is 229 Å². The van der Waals surface area contributed by atoms with E-state index in [9.17, 15) is 0 Å². The van der Waals surface area contributed by atoms with Crippen LogP contribution in [0.3, 0.4) is 0 Å². The van der Waals surface area contributed by atoms with E-state index < -0.39 is 0 Å². The molecular weight excluding hydrogens is 709 g/mol. The fourth-order valence-corrected chi connectivity index (χ4v) is 9.56. The topological polar surface area (TPSA) is 0 Å². The van der Waals surface area contributed by atoms with Crippen molar-refractivity contribution in [1.29, 1.82) is 0 Å². The van der Waals surface area contributed by atoms with E-state index >= 15 is 0 Å². The van der Waals surface area contributed by atoms with Crippen molar-refractivity contribution in [2.75, 3.05) is 0 Å². The Morgan fingerprint density at radius 2 is 0.949 bits per heavy atom. The summed E-state index contributed by atoms with van der Waals surface area (Å²) in [5.41, 5.74) is 15.7. The Labute approximate surface area is 346 Å². The minimum atomic E-state index is -0.175. The zero-order valence-corrected chi connectivity index (χ0v) is 33.3. The van der Waals surface area contributed by atoms with E-state index in [2.05, 4.69) is 227 Å². The van der Waals surface area contributed by atoms with Crippen molar-refractivity contribution in [2.45, 2.75) is 19.3 Å². The van der Waals surface area contributed by atoms with Gasteiger partial charge in [0.1, 0.15) is 0 Å². The highest BCUT2D eigenvalue weighted by molar-refractivity contribution is 6.21. The lowest BCUT2D eigenvalue weighted by atomic mass is 9.80. The molecule has 278 valence electrons. The summed E-state index contributed by atoms with van der Waals surface area (Å²) in [5, 5.41) is 10.1. The van der Waals surface area contributed by atoms with Gasteiger partial charge in [-0.3, -0.25) is 0 Å². The van der Waals surface area contributed by atoms with Crippen molar-refractivity contribution < 1.29 is 0 Å². The predicted octanol–water partition coefficient (Wildman–Crippen LogP) is 16.3. The van der Waals surface area contributed by atoms with E-state index in [1.54, 1.807) is 0 Å². The molecule has 0 saturated heterocycles. The molecule has 0 saturated carbocycles. The molecule has 0 N–H and O–H groups in total. The summed E-state index contributed by atoms with van der Waals surface area (Å²) < 4.78 is 0. The van der Waals surface area contributed by atoms with Gasteiger partial charge >= 0.3 is 0 Å². The van der Waals surface area contributed by atoms with Crippen LogP contribution < -0.4 is 0 Å². The molecule has 0 radical (unpaired) electrons. The summed E-state index contributed by atoms with van der Waals surface area (Å²) >= 11 is 0. The first-order chi connectivity index (χ1) is 28.9. The van der Waals surface area contributed by atoms with Gasteiger partial charge in [-0.05, 0) is 158 Å². The number of allylic oxidation sites excluding steroid dienone is 2. The maximum Gasteiger partial charge on any atom is 0.0159 e. The highest BCUT2D eigenvalue weighted by atomic mass is 14.4. The summed E-state index contributed by atoms with van der Waals surface area (Å²) in [5.74, 6) is 0. The van der Waals surface area contributed by atoms with E-state index in [1.807, 2.05) is 0 Å². The molecular formula is C59H42. The fraction of sp³-hybridized carbons (Fsp3) is 0.0508. The van der Waals surface area contributed by atoms with Crippen LogP contribution in [0.1, 0.15) is 36.1 Å². The van der Waals surface area contributed by atoms with Gasteiger partial charge in [0.2, 0.25) is 0 Å². The van der Waals surface area contributed by atoms with Gasteiger partial charge in [0.15, 0.2) is 0 Å². The Morgan fingerprint density at radius 3 is 1.71 bits per heavy atom. The quantitative estimate of drug-likeness (QED) is 0.117. The van der Waals surface area contributed by atoms with Crippen LogP contribution >= 0.6 is 0 Å². The average Bonchev–Trinajstić information content (AvgIpc) is 3.52. The van der Waals surface area contributed by atoms with Crippen LogP contribution in [0.15, 0.2) is 207 Å². The van der Waals surface area contributed by atoms with Crippen LogP contribution in [0.25, 0.3) is 99.2 Å². The highest BCUT2D eigenvalue weighted by Gasteiger charge is 2.36. The van der Waals surface area contributed by atoms with E-state index in [-0.39, 0.29) is 5.41 Å². The van der Waals surface area contributed by atoms with Crippen molar-refractivity contribution in [2.24, 2.45) is 0 Å². The Morgan fingerprint density at radius 1 is 0.390 bits per heavy atom. The maximum atomic E-state index is 4.63. The molecule has 0 atom stereocenters. The van der Waals surface area contributed by atoms with Gasteiger partial charge in [-0.15, -0.1) is 0 Å². The molecule has 11 rings (SSSR count). The molecule has 0 aliphatic heterocycles. The lowest BCUT2D eigenvalue weighted by molar-refractivity contribution is 0.661. The summed E-state index contributed by atoms with van der Waals surface area (Å²) in [6.07, 6.45) is 4.31. The number of hydrogen-bond donors (Lipinski definition) is 0. The first-order valence-corrected chi connectivity index (χ1v) is 20.6. The standard InChI is InChI=1S/C59H42/c1-38(21-22-39-13-5-4-6-14-39)46-32-47(34-48(33-46)55-37-56-49-18-10-9-16-41(49)25-28-52(56)50-19-11-12-20-51(50)55)45-27-30-54-53-29-26-44(35-57(53)59(2,3)58(54)36-45)43-24-23-40-15-7-8-17-42(40)31-43/h4-37H,1H2,2-3H3/b22-21-. The number of benzene rings is 10. The zero-order chi connectivity index (χ0) is 39.7. The van der Waals surface area contributed by atoms with Crippen LogP contribution in [0.4, 0.5) is 0 Å². The highest BCUT2D eigenvalue weighted by Crippen LogP contribution is 2.51. The Kier molecular flexibility index (Phi) is 8.10. The first kappa shape index (κ1) is 34.9. The van der Waals surface area contributed by atoms with Gasteiger partial charge in [-0.1, -0.05) is 184 Å². The van der Waals surface area contributed by atoms with E-state index in [1.165, 1.54) is 98.7 Å².